The van der Waals surface area contributed by atoms with Crippen LogP contribution in [-0.4, -0.2) is 85.9 Å². The van der Waals surface area contributed by atoms with E-state index in [9.17, 15) is 22.8 Å². The number of rotatable bonds is 9. The highest BCUT2D eigenvalue weighted by molar-refractivity contribution is 7.88. The third-order valence-electron chi connectivity index (χ3n) is 8.45. The van der Waals surface area contributed by atoms with Crippen LogP contribution in [0.15, 0.2) is 30.3 Å². The Bertz CT molecular complexity index is 1110. The Labute approximate surface area is 225 Å². The molecule has 0 radical (unpaired) electrons. The molecule has 2 saturated heterocycles. The minimum absolute atomic E-state index is 0.0149. The molecule has 3 N–H and O–H groups in total. The van der Waals surface area contributed by atoms with E-state index in [-0.39, 0.29) is 30.2 Å². The second kappa shape index (κ2) is 12.1. The van der Waals surface area contributed by atoms with Crippen LogP contribution in [0.3, 0.4) is 0 Å². The van der Waals surface area contributed by atoms with Gasteiger partial charge >= 0.3 is 0 Å². The lowest BCUT2D eigenvalue weighted by molar-refractivity contribution is -0.141. The number of carbonyl (C=O) groups excluding carboxylic acids is 3. The van der Waals surface area contributed by atoms with Gasteiger partial charge in [-0.15, -0.1) is 0 Å². The van der Waals surface area contributed by atoms with Crippen molar-refractivity contribution in [3.05, 3.63) is 35.9 Å². The first-order chi connectivity index (χ1) is 18.1. The second-order valence-electron chi connectivity index (χ2n) is 10.9. The Balaban J connectivity index is 1.58. The highest BCUT2D eigenvalue weighted by Gasteiger charge is 2.56. The summed E-state index contributed by atoms with van der Waals surface area (Å²) >= 11 is 0. The quantitative estimate of drug-likeness (QED) is 0.420. The number of likely N-dealkylation sites (tertiary alicyclic amines) is 1. The minimum atomic E-state index is -3.58. The molecule has 0 bridgehead atoms. The highest BCUT2D eigenvalue weighted by Crippen LogP contribution is 2.38. The normalized spacial score (nSPS) is 26.0. The number of likely N-dealkylation sites (N-methyl/N-ethyl adjacent to an activating group) is 1. The lowest BCUT2D eigenvalue weighted by Gasteiger charge is -2.36. The van der Waals surface area contributed by atoms with Crippen molar-refractivity contribution in [2.75, 3.05) is 26.4 Å². The molecule has 210 valence electrons. The number of hydrogen-bond donors (Lipinski definition) is 3. The van der Waals surface area contributed by atoms with Crippen LogP contribution in [0.5, 0.6) is 0 Å². The molecule has 4 rings (SSSR count). The van der Waals surface area contributed by atoms with E-state index in [1.807, 2.05) is 30.3 Å². The van der Waals surface area contributed by atoms with Gasteiger partial charge in [0.05, 0.1) is 24.3 Å². The van der Waals surface area contributed by atoms with E-state index < -0.39 is 40.1 Å². The third kappa shape index (κ3) is 6.21. The van der Waals surface area contributed by atoms with Gasteiger partial charge in [-0.2, -0.15) is 4.31 Å². The van der Waals surface area contributed by atoms with Crippen LogP contribution >= 0.6 is 0 Å². The number of nitrogens with zero attached hydrogens (tertiary/aromatic N) is 2. The van der Waals surface area contributed by atoms with E-state index >= 15 is 0 Å². The van der Waals surface area contributed by atoms with E-state index in [4.69, 9.17) is 0 Å². The maximum absolute atomic E-state index is 14.1. The van der Waals surface area contributed by atoms with Gasteiger partial charge in [0, 0.05) is 25.7 Å². The number of fused-ring (bicyclic) bond motifs is 1. The summed E-state index contributed by atoms with van der Waals surface area (Å²) in [4.78, 5) is 42.1. The van der Waals surface area contributed by atoms with Crippen molar-refractivity contribution in [2.24, 2.45) is 11.8 Å². The number of nitrogens with one attached hydrogen (secondary N) is 3. The molecule has 3 fully saturated rings. The van der Waals surface area contributed by atoms with Gasteiger partial charge in [-0.05, 0) is 44.7 Å². The van der Waals surface area contributed by atoms with Crippen molar-refractivity contribution in [3.8, 4) is 0 Å². The topological polar surface area (TPSA) is 128 Å². The van der Waals surface area contributed by atoms with Crippen molar-refractivity contribution in [3.63, 3.8) is 0 Å². The summed E-state index contributed by atoms with van der Waals surface area (Å²) in [7, 11) is -1.88. The van der Waals surface area contributed by atoms with Gasteiger partial charge in [-0.25, -0.2) is 8.42 Å². The summed E-state index contributed by atoms with van der Waals surface area (Å²) in [5, 5.41) is 8.88. The van der Waals surface area contributed by atoms with Crippen LogP contribution in [0.1, 0.15) is 51.0 Å². The van der Waals surface area contributed by atoms with Gasteiger partial charge in [-0.3, -0.25) is 14.4 Å². The zero-order chi connectivity index (χ0) is 27.4. The molecule has 38 heavy (non-hydrogen) atoms. The Morgan fingerprint density at radius 1 is 1.05 bits per heavy atom. The molecule has 1 aromatic rings. The number of amides is 3. The molecule has 1 aromatic carbocycles. The summed E-state index contributed by atoms with van der Waals surface area (Å²) in [6, 6.07) is 7.33. The molecule has 0 spiro atoms. The molecule has 0 aromatic heterocycles. The molecule has 11 heteroatoms. The first-order valence-electron chi connectivity index (χ1n) is 13.7. The molecule has 1 saturated carbocycles. The van der Waals surface area contributed by atoms with Crippen LogP contribution in [0.4, 0.5) is 0 Å². The van der Waals surface area contributed by atoms with Gasteiger partial charge in [-0.1, -0.05) is 49.6 Å². The van der Waals surface area contributed by atoms with Crippen LogP contribution in [0, 0.1) is 11.8 Å². The predicted octanol–water partition coefficient (Wildman–Crippen LogP) is 0.837. The zero-order valence-electron chi connectivity index (χ0n) is 22.6. The first-order valence-corrected chi connectivity index (χ1v) is 15.5. The minimum Gasteiger partial charge on any atom is -0.352 e. The van der Waals surface area contributed by atoms with E-state index in [1.54, 1.807) is 18.9 Å². The molecule has 3 aliphatic rings. The van der Waals surface area contributed by atoms with Gasteiger partial charge in [0.25, 0.3) is 0 Å². The summed E-state index contributed by atoms with van der Waals surface area (Å²) in [5.41, 5.74) is 0.938. The lowest BCUT2D eigenvalue weighted by Crippen LogP contribution is -2.58. The number of benzene rings is 1. The summed E-state index contributed by atoms with van der Waals surface area (Å²) in [6.07, 6.45) is 6.44. The molecular weight excluding hydrogens is 506 g/mol. The highest BCUT2D eigenvalue weighted by atomic mass is 32.2. The number of sulfonamides is 1. The smallest absolute Gasteiger partial charge is 0.245 e. The Morgan fingerprint density at radius 2 is 1.74 bits per heavy atom. The molecule has 2 heterocycles. The van der Waals surface area contributed by atoms with E-state index in [0.29, 0.717) is 19.5 Å². The maximum Gasteiger partial charge on any atom is 0.245 e. The molecular formula is C27H41N5O5S. The van der Waals surface area contributed by atoms with Gasteiger partial charge in [0.15, 0.2) is 0 Å². The number of hydrogen-bond acceptors (Lipinski definition) is 6. The molecule has 1 aliphatic carbocycles. The van der Waals surface area contributed by atoms with E-state index in [0.717, 1.165) is 43.9 Å². The summed E-state index contributed by atoms with van der Waals surface area (Å²) in [5.74, 6) is -1.40. The fourth-order valence-electron chi connectivity index (χ4n) is 6.27. The van der Waals surface area contributed by atoms with Crippen LogP contribution in [-0.2, 0) is 31.0 Å². The number of carbonyl (C=O) groups is 3. The Kier molecular flexibility index (Phi) is 9.10. The maximum atomic E-state index is 14.1. The third-order valence-corrected chi connectivity index (χ3v) is 9.72. The first kappa shape index (κ1) is 28.5. The molecule has 2 aliphatic heterocycles. The lowest BCUT2D eigenvalue weighted by atomic mass is 9.83. The average molecular weight is 548 g/mol. The second-order valence-corrected chi connectivity index (χ2v) is 12.9. The summed E-state index contributed by atoms with van der Waals surface area (Å²) < 4.78 is 26.7. The fourth-order valence-corrected chi connectivity index (χ4v) is 7.42. The molecule has 5 unspecified atom stereocenters. The zero-order valence-corrected chi connectivity index (χ0v) is 23.4. The van der Waals surface area contributed by atoms with Crippen molar-refractivity contribution in [2.45, 2.75) is 76.2 Å². The van der Waals surface area contributed by atoms with Gasteiger partial charge in [0.1, 0.15) is 6.04 Å². The van der Waals surface area contributed by atoms with Gasteiger partial charge < -0.3 is 20.9 Å². The van der Waals surface area contributed by atoms with Crippen molar-refractivity contribution >= 4 is 27.7 Å². The van der Waals surface area contributed by atoms with Crippen molar-refractivity contribution in [1.82, 2.24) is 25.2 Å². The monoisotopic (exact) mass is 547 g/mol. The van der Waals surface area contributed by atoms with E-state index in [1.165, 1.54) is 4.31 Å². The van der Waals surface area contributed by atoms with Crippen molar-refractivity contribution < 1.29 is 22.8 Å². The average Bonchev–Trinajstić information content (AvgIpc) is 3.51. The van der Waals surface area contributed by atoms with Crippen LogP contribution < -0.4 is 16.0 Å². The summed E-state index contributed by atoms with van der Waals surface area (Å²) in [6.45, 7) is 2.46. The Hall–Kier alpha value is -2.50. The predicted molar refractivity (Wildman–Crippen MR) is 144 cm³/mol. The van der Waals surface area contributed by atoms with Crippen LogP contribution in [0.2, 0.25) is 0 Å². The molecule has 3 amide bonds. The largest absolute Gasteiger partial charge is 0.352 e. The molecule has 5 atom stereocenters. The Morgan fingerprint density at radius 3 is 2.37 bits per heavy atom. The standard InChI is InChI=1S/C27H41N5O5S/c1-18(28-2)25(33)30-23(20-12-8-5-9-13-20)27(35)31-15-14-22-24(31)21(17-32(22)38(3,36)37)26(34)29-16-19-10-6-4-7-11-19/h4,6-7,10-11,18,20-24,28H,5,8-9,12-17H2,1-3H3,(H,29,34)(H,30,33). The van der Waals surface area contributed by atoms with Gasteiger partial charge in [0.2, 0.25) is 27.7 Å². The van der Waals surface area contributed by atoms with Crippen LogP contribution in [0.25, 0.3) is 0 Å². The fraction of sp³-hybridized carbons (Fsp3) is 0.667. The SMILES string of the molecule is CNC(C)C(=O)NC(C(=O)N1CCC2C1C(C(=O)NCc1ccccc1)CN2S(C)(=O)=O)C1CCCCC1. The van der Waals surface area contributed by atoms with Crippen molar-refractivity contribution in [1.29, 1.82) is 0 Å². The molecule has 10 nitrogen and oxygen atoms in total. The van der Waals surface area contributed by atoms with E-state index in [2.05, 4.69) is 16.0 Å².